The zero-order valence-electron chi connectivity index (χ0n) is 9.42. The van der Waals surface area contributed by atoms with Crippen molar-refractivity contribution in [2.75, 3.05) is 11.4 Å². The van der Waals surface area contributed by atoms with Crippen LogP contribution >= 0.6 is 0 Å². The fourth-order valence-electron chi connectivity index (χ4n) is 2.06. The van der Waals surface area contributed by atoms with Gasteiger partial charge >= 0.3 is 11.9 Å². The Morgan fingerprint density at radius 2 is 1.67 bits per heavy atom. The first-order valence-electron chi connectivity index (χ1n) is 5.42. The molecule has 0 radical (unpaired) electrons. The van der Waals surface area contributed by atoms with Gasteiger partial charge in [0.1, 0.15) is 0 Å². The summed E-state index contributed by atoms with van der Waals surface area (Å²) in [5, 5.41) is 18.2. The molecule has 1 fully saturated rings. The first-order chi connectivity index (χ1) is 8.52. The summed E-state index contributed by atoms with van der Waals surface area (Å²) in [7, 11) is 0. The maximum atomic E-state index is 11.7. The second-order valence-electron chi connectivity index (χ2n) is 3.96. The highest BCUT2D eigenvalue weighted by Gasteiger charge is 2.29. The lowest BCUT2D eigenvalue weighted by molar-refractivity contribution is -0.117. The van der Waals surface area contributed by atoms with Gasteiger partial charge in [0.05, 0.1) is 16.8 Å². The predicted molar refractivity (Wildman–Crippen MR) is 61.9 cm³/mol. The van der Waals surface area contributed by atoms with E-state index in [4.69, 9.17) is 10.2 Å². The third-order valence-electron chi connectivity index (χ3n) is 2.84. The maximum absolute atomic E-state index is 11.7. The van der Waals surface area contributed by atoms with Crippen molar-refractivity contribution in [1.29, 1.82) is 0 Å². The third-order valence-corrected chi connectivity index (χ3v) is 2.84. The van der Waals surface area contributed by atoms with Crippen LogP contribution in [-0.4, -0.2) is 34.6 Å². The minimum absolute atomic E-state index is 0.0139. The molecular formula is C12H11NO5. The topological polar surface area (TPSA) is 94.9 Å². The zero-order valence-corrected chi connectivity index (χ0v) is 9.42. The largest absolute Gasteiger partial charge is 0.478 e. The van der Waals surface area contributed by atoms with E-state index >= 15 is 0 Å². The predicted octanol–water partition coefficient (Wildman–Crippen LogP) is 1.21. The average molecular weight is 249 g/mol. The SMILES string of the molecule is O=C(O)c1cccc(C(=O)O)c1N1CCCC1=O. The van der Waals surface area contributed by atoms with E-state index < -0.39 is 11.9 Å². The van der Waals surface area contributed by atoms with E-state index in [0.717, 1.165) is 0 Å². The monoisotopic (exact) mass is 249 g/mol. The number of carbonyl (C=O) groups excluding carboxylic acids is 1. The van der Waals surface area contributed by atoms with Crippen LogP contribution in [0.3, 0.4) is 0 Å². The van der Waals surface area contributed by atoms with E-state index in [0.29, 0.717) is 19.4 Å². The summed E-state index contributed by atoms with van der Waals surface area (Å²) < 4.78 is 0. The Morgan fingerprint density at radius 1 is 1.11 bits per heavy atom. The Balaban J connectivity index is 2.63. The standard InChI is InChI=1S/C12H11NO5/c14-9-5-2-6-13(9)10-7(11(15)16)3-1-4-8(10)12(17)18/h1,3-4H,2,5-6H2,(H,15,16)(H,17,18). The summed E-state index contributed by atoms with van der Waals surface area (Å²) in [6.45, 7) is 0.351. The van der Waals surface area contributed by atoms with Gasteiger partial charge in [-0.1, -0.05) is 6.07 Å². The van der Waals surface area contributed by atoms with Gasteiger partial charge in [0.15, 0.2) is 0 Å². The van der Waals surface area contributed by atoms with E-state index in [1.54, 1.807) is 0 Å². The van der Waals surface area contributed by atoms with Gasteiger partial charge in [0, 0.05) is 13.0 Å². The van der Waals surface area contributed by atoms with Crippen molar-refractivity contribution < 1.29 is 24.6 Å². The van der Waals surface area contributed by atoms with Crippen molar-refractivity contribution in [3.05, 3.63) is 29.3 Å². The molecule has 6 nitrogen and oxygen atoms in total. The number of nitrogens with zero attached hydrogens (tertiary/aromatic N) is 1. The number of benzene rings is 1. The number of hydrogen-bond donors (Lipinski definition) is 2. The zero-order chi connectivity index (χ0) is 13.3. The molecule has 94 valence electrons. The van der Waals surface area contributed by atoms with Crippen LogP contribution < -0.4 is 4.90 Å². The summed E-state index contributed by atoms with van der Waals surface area (Å²) in [6.07, 6.45) is 0.916. The molecule has 1 saturated heterocycles. The van der Waals surface area contributed by atoms with E-state index in [1.165, 1.54) is 23.1 Å². The van der Waals surface area contributed by atoms with Crippen molar-refractivity contribution in [1.82, 2.24) is 0 Å². The molecular weight excluding hydrogens is 238 g/mol. The first-order valence-corrected chi connectivity index (χ1v) is 5.42. The minimum Gasteiger partial charge on any atom is -0.478 e. The Bertz CT molecular complexity index is 505. The van der Waals surface area contributed by atoms with Gasteiger partial charge in [-0.25, -0.2) is 9.59 Å². The summed E-state index contributed by atoms with van der Waals surface area (Å²) in [5.41, 5.74) is -0.338. The number of carboxylic acid groups (broad SMARTS) is 2. The van der Waals surface area contributed by atoms with Crippen molar-refractivity contribution in [2.45, 2.75) is 12.8 Å². The second kappa shape index (κ2) is 4.48. The summed E-state index contributed by atoms with van der Waals surface area (Å²) in [5.74, 6) is -2.73. The number of aromatic carboxylic acids is 2. The van der Waals surface area contributed by atoms with Crippen LogP contribution in [-0.2, 0) is 4.79 Å². The highest BCUT2D eigenvalue weighted by Crippen LogP contribution is 2.29. The molecule has 2 rings (SSSR count). The number of rotatable bonds is 3. The normalized spacial score (nSPS) is 14.9. The Hall–Kier alpha value is -2.37. The van der Waals surface area contributed by atoms with Crippen LogP contribution in [0.5, 0.6) is 0 Å². The molecule has 0 unspecified atom stereocenters. The molecule has 1 aromatic carbocycles. The second-order valence-corrected chi connectivity index (χ2v) is 3.96. The summed E-state index contributed by atoms with van der Waals surface area (Å²) in [6, 6.07) is 3.96. The lowest BCUT2D eigenvalue weighted by atomic mass is 10.1. The maximum Gasteiger partial charge on any atom is 0.337 e. The van der Waals surface area contributed by atoms with E-state index in [-0.39, 0.29) is 22.7 Å². The number of anilines is 1. The highest BCUT2D eigenvalue weighted by molar-refractivity contribution is 6.09. The molecule has 0 saturated carbocycles. The fraction of sp³-hybridized carbons (Fsp3) is 0.250. The molecule has 1 amide bonds. The van der Waals surface area contributed by atoms with Crippen LogP contribution in [0.25, 0.3) is 0 Å². The lowest BCUT2D eigenvalue weighted by Crippen LogP contribution is -2.28. The van der Waals surface area contributed by atoms with Crippen LogP contribution in [0.4, 0.5) is 5.69 Å². The van der Waals surface area contributed by atoms with Crippen LogP contribution in [0.15, 0.2) is 18.2 Å². The number of amides is 1. The smallest absolute Gasteiger partial charge is 0.337 e. The lowest BCUT2D eigenvalue weighted by Gasteiger charge is -2.20. The molecule has 0 atom stereocenters. The van der Waals surface area contributed by atoms with Gasteiger partial charge in [-0.3, -0.25) is 4.79 Å². The number of para-hydroxylation sites is 1. The first kappa shape index (κ1) is 12.1. The molecule has 0 aromatic heterocycles. The van der Waals surface area contributed by atoms with Gasteiger partial charge in [-0.2, -0.15) is 0 Å². The van der Waals surface area contributed by atoms with Crippen LogP contribution in [0.2, 0.25) is 0 Å². The Morgan fingerprint density at radius 3 is 2.06 bits per heavy atom. The van der Waals surface area contributed by atoms with Gasteiger partial charge in [0.2, 0.25) is 5.91 Å². The van der Waals surface area contributed by atoms with Crippen LogP contribution in [0.1, 0.15) is 33.6 Å². The Kier molecular flexibility index (Phi) is 3.01. The van der Waals surface area contributed by atoms with Gasteiger partial charge in [-0.15, -0.1) is 0 Å². The summed E-state index contributed by atoms with van der Waals surface area (Å²) in [4.78, 5) is 35.2. The van der Waals surface area contributed by atoms with Gasteiger partial charge in [-0.05, 0) is 18.6 Å². The molecule has 1 heterocycles. The number of hydrogen-bond acceptors (Lipinski definition) is 3. The molecule has 1 aliphatic rings. The molecule has 18 heavy (non-hydrogen) atoms. The molecule has 1 aromatic rings. The fourth-order valence-corrected chi connectivity index (χ4v) is 2.06. The van der Waals surface area contributed by atoms with E-state index in [2.05, 4.69) is 0 Å². The average Bonchev–Trinajstić information content (AvgIpc) is 2.74. The molecule has 2 N–H and O–H groups in total. The number of carboxylic acids is 2. The quantitative estimate of drug-likeness (QED) is 0.839. The molecule has 0 aliphatic carbocycles. The van der Waals surface area contributed by atoms with E-state index in [9.17, 15) is 14.4 Å². The minimum atomic E-state index is -1.24. The van der Waals surface area contributed by atoms with Crippen molar-refractivity contribution in [3.8, 4) is 0 Å². The molecule has 0 bridgehead atoms. The van der Waals surface area contributed by atoms with Crippen molar-refractivity contribution in [3.63, 3.8) is 0 Å². The van der Waals surface area contributed by atoms with Crippen LogP contribution in [0, 0.1) is 0 Å². The van der Waals surface area contributed by atoms with Crippen molar-refractivity contribution >= 4 is 23.5 Å². The summed E-state index contributed by atoms with van der Waals surface area (Å²) >= 11 is 0. The Labute approximate surface area is 102 Å². The molecule has 6 heteroatoms. The van der Waals surface area contributed by atoms with Gasteiger partial charge < -0.3 is 15.1 Å². The van der Waals surface area contributed by atoms with E-state index in [1.807, 2.05) is 0 Å². The number of carbonyl (C=O) groups is 3. The van der Waals surface area contributed by atoms with Gasteiger partial charge in [0.25, 0.3) is 0 Å². The third kappa shape index (κ3) is 1.92. The molecule has 1 aliphatic heterocycles. The van der Waals surface area contributed by atoms with Crippen molar-refractivity contribution in [2.24, 2.45) is 0 Å². The molecule has 0 spiro atoms. The highest BCUT2D eigenvalue weighted by atomic mass is 16.4.